The molecule has 4 aliphatic heterocycles. The lowest BCUT2D eigenvalue weighted by molar-refractivity contribution is -0.136. The summed E-state index contributed by atoms with van der Waals surface area (Å²) < 4.78 is 29.5. The number of methoxy groups -OCH3 is 1. The lowest BCUT2D eigenvalue weighted by Gasteiger charge is -2.43. The minimum atomic E-state index is -3.57. The molecule has 3 fully saturated rings. The van der Waals surface area contributed by atoms with Gasteiger partial charge in [-0.25, -0.2) is 4.98 Å². The number of imide groups is 2. The fourth-order valence-electron chi connectivity index (χ4n) is 9.38. The van der Waals surface area contributed by atoms with Crippen LogP contribution in [0, 0.1) is 0 Å². The molecule has 5 heterocycles. The van der Waals surface area contributed by atoms with E-state index in [4.69, 9.17) is 25.4 Å². The molecule has 21 heteroatoms. The van der Waals surface area contributed by atoms with Gasteiger partial charge in [0.25, 0.3) is 11.8 Å². The summed E-state index contributed by atoms with van der Waals surface area (Å²) in [6.07, 6.45) is 7.80. The number of halogens is 1. The topological polar surface area (TPSA) is 217 Å². The molecule has 3 saturated heterocycles. The Bertz CT molecular complexity index is 2620. The number of rotatable bonds is 19. The molecule has 1 aromatic heterocycles. The Hall–Kier alpha value is -6.11. The highest BCUT2D eigenvalue weighted by atomic mass is 35.5. The third kappa shape index (κ3) is 11.2. The fraction of sp³-hybridized carbons (Fsp3) is 0.438. The first-order valence-electron chi connectivity index (χ1n) is 23.3. The summed E-state index contributed by atoms with van der Waals surface area (Å²) in [7, 11) is 0.701. The van der Waals surface area contributed by atoms with Crippen LogP contribution in [0.2, 0.25) is 5.02 Å². The SMILES string of the molecule is COc1cc(N2CCC(N3CCN(C(=O)CCCCCCNc4ccc5c(c4)C(=O)N(C4CCC(=O)NC4=O)C5=O)CC3)CC2)ccc1Nc1ncc(Cl)c(Nc2ccccc2P(=O)(OC)OC)n1. The van der Waals surface area contributed by atoms with Crippen molar-refractivity contribution in [1.29, 1.82) is 0 Å². The molecule has 4 N–H and O–H groups in total. The van der Waals surface area contributed by atoms with Crippen LogP contribution in [0.5, 0.6) is 5.75 Å². The van der Waals surface area contributed by atoms with E-state index in [1.54, 1.807) is 49.6 Å². The molecule has 0 aliphatic carbocycles. The molecule has 4 aromatic rings. The Labute approximate surface area is 406 Å². The molecule has 0 saturated carbocycles. The van der Waals surface area contributed by atoms with Crippen molar-refractivity contribution in [2.24, 2.45) is 0 Å². The average molecular weight is 985 g/mol. The number of ether oxygens (including phenoxy) is 1. The Kier molecular flexibility index (Phi) is 15.8. The van der Waals surface area contributed by atoms with Crippen LogP contribution in [-0.4, -0.2) is 133 Å². The van der Waals surface area contributed by atoms with E-state index in [2.05, 4.69) is 47.1 Å². The van der Waals surface area contributed by atoms with E-state index in [1.165, 1.54) is 20.4 Å². The van der Waals surface area contributed by atoms with Crippen LogP contribution < -0.4 is 36.2 Å². The van der Waals surface area contributed by atoms with Gasteiger partial charge < -0.3 is 39.5 Å². The molecule has 0 radical (unpaired) electrons. The molecule has 0 spiro atoms. The van der Waals surface area contributed by atoms with E-state index in [0.29, 0.717) is 52.9 Å². The van der Waals surface area contributed by atoms with Gasteiger partial charge in [0.2, 0.25) is 23.7 Å². The summed E-state index contributed by atoms with van der Waals surface area (Å²) in [4.78, 5) is 80.0. The van der Waals surface area contributed by atoms with E-state index >= 15 is 0 Å². The number of fused-ring (bicyclic) bond motifs is 1. The largest absolute Gasteiger partial charge is 0.494 e. The van der Waals surface area contributed by atoms with Crippen LogP contribution in [0.3, 0.4) is 0 Å². The van der Waals surface area contributed by atoms with Crippen molar-refractivity contribution in [3.05, 3.63) is 83.0 Å². The summed E-state index contributed by atoms with van der Waals surface area (Å²) in [6.45, 7) is 5.66. The van der Waals surface area contributed by atoms with Gasteiger partial charge in [-0.3, -0.25) is 43.7 Å². The number of carbonyl (C=O) groups excluding carboxylic acids is 5. The van der Waals surface area contributed by atoms with Crippen LogP contribution in [0.4, 0.5) is 34.5 Å². The summed E-state index contributed by atoms with van der Waals surface area (Å²) in [5.41, 5.74) is 3.40. The number of piperazine rings is 1. The second-order valence-corrected chi connectivity index (χ2v) is 20.0. The van der Waals surface area contributed by atoms with E-state index < -0.39 is 37.3 Å². The number of nitrogens with one attached hydrogen (secondary N) is 4. The highest BCUT2D eigenvalue weighted by molar-refractivity contribution is 7.62. The van der Waals surface area contributed by atoms with Gasteiger partial charge in [-0.15, -0.1) is 0 Å². The highest BCUT2D eigenvalue weighted by Gasteiger charge is 2.44. The first-order chi connectivity index (χ1) is 33.4. The van der Waals surface area contributed by atoms with Crippen LogP contribution in [0.25, 0.3) is 0 Å². The normalized spacial score (nSPS) is 18.0. The molecule has 3 aromatic carbocycles. The number of nitrogens with zero attached hydrogens (tertiary/aromatic N) is 6. The molecule has 5 amide bonds. The second kappa shape index (κ2) is 22.1. The number of anilines is 6. The number of aromatic nitrogens is 2. The minimum absolute atomic E-state index is 0.0751. The van der Waals surface area contributed by atoms with Gasteiger partial charge in [0.05, 0.1) is 41.1 Å². The van der Waals surface area contributed by atoms with Gasteiger partial charge in [-0.2, -0.15) is 4.98 Å². The first-order valence-corrected chi connectivity index (χ1v) is 25.2. The van der Waals surface area contributed by atoms with Gasteiger partial charge in [0.1, 0.15) is 16.8 Å². The molecule has 69 heavy (non-hydrogen) atoms. The fourth-order valence-corrected chi connectivity index (χ4v) is 10.8. The standard InChI is InChI=1S/C48H58ClN10O9P/c1-66-40-29-33(14-16-37(40)53-48-51-30-36(49)44(55-48)52-38-10-7-8-11-41(38)69(65,67-2)68-3)56-22-19-32(20-23-56)57-24-26-58(27-25-57)43(61)12-6-4-5-9-21-50-31-13-15-34-35(28-31)47(64)59(46(34)63)39-17-18-42(60)54-45(39)62/h7-8,10-11,13-16,28-30,32,39,50H,4-6,9,12,17-27H2,1-3H3,(H,54,60,62)(H2,51,52,53,55). The number of para-hydroxylation sites is 1. The second-order valence-electron chi connectivity index (χ2n) is 17.3. The predicted octanol–water partition coefficient (Wildman–Crippen LogP) is 6.31. The van der Waals surface area contributed by atoms with Gasteiger partial charge in [0.15, 0.2) is 5.82 Å². The first kappa shape index (κ1) is 49.3. The van der Waals surface area contributed by atoms with E-state index in [1.807, 2.05) is 17.0 Å². The van der Waals surface area contributed by atoms with Gasteiger partial charge in [-0.05, 0) is 74.6 Å². The molecule has 8 rings (SSSR count). The number of carbonyl (C=O) groups is 5. The Morgan fingerprint density at radius 3 is 2.30 bits per heavy atom. The zero-order valence-electron chi connectivity index (χ0n) is 39.0. The van der Waals surface area contributed by atoms with Crippen LogP contribution in [-0.2, 0) is 28.0 Å². The molecule has 1 atom stereocenters. The maximum Gasteiger partial charge on any atom is 0.362 e. The van der Waals surface area contributed by atoms with Gasteiger partial charge in [-0.1, -0.05) is 36.6 Å². The third-order valence-corrected chi connectivity index (χ3v) is 15.4. The summed E-state index contributed by atoms with van der Waals surface area (Å²) in [5, 5.41) is 12.5. The Morgan fingerprint density at radius 1 is 0.826 bits per heavy atom. The predicted molar refractivity (Wildman–Crippen MR) is 262 cm³/mol. The van der Waals surface area contributed by atoms with Crippen LogP contribution in [0.15, 0.2) is 66.9 Å². The summed E-state index contributed by atoms with van der Waals surface area (Å²) in [6, 6.07) is 17.4. The summed E-state index contributed by atoms with van der Waals surface area (Å²) >= 11 is 6.49. The molecule has 4 aliphatic rings. The lowest BCUT2D eigenvalue weighted by Crippen LogP contribution is -2.54. The number of hydrogen-bond acceptors (Lipinski definition) is 16. The average Bonchev–Trinajstić information content (AvgIpc) is 3.61. The van der Waals surface area contributed by atoms with Crippen molar-refractivity contribution in [3.63, 3.8) is 0 Å². The molecular weight excluding hydrogens is 927 g/mol. The smallest absolute Gasteiger partial charge is 0.362 e. The monoisotopic (exact) mass is 984 g/mol. The number of benzene rings is 3. The highest BCUT2D eigenvalue weighted by Crippen LogP contribution is 2.47. The van der Waals surface area contributed by atoms with Gasteiger partial charge in [0, 0.05) is 96.4 Å². The summed E-state index contributed by atoms with van der Waals surface area (Å²) in [5.74, 6) is -0.682. The molecule has 1 unspecified atom stereocenters. The van der Waals surface area contributed by atoms with Crippen molar-refractivity contribution in [2.75, 3.05) is 88.0 Å². The van der Waals surface area contributed by atoms with E-state index in [9.17, 15) is 28.5 Å². The van der Waals surface area contributed by atoms with Gasteiger partial charge >= 0.3 is 7.60 Å². The van der Waals surface area contributed by atoms with Crippen molar-refractivity contribution in [2.45, 2.75) is 69.9 Å². The Morgan fingerprint density at radius 2 is 1.57 bits per heavy atom. The maximum atomic E-state index is 13.2. The Balaban J connectivity index is 0.731. The minimum Gasteiger partial charge on any atom is -0.494 e. The van der Waals surface area contributed by atoms with Crippen LogP contribution >= 0.6 is 19.2 Å². The molecule has 19 nitrogen and oxygen atoms in total. The van der Waals surface area contributed by atoms with Crippen molar-refractivity contribution < 1.29 is 42.3 Å². The molecule has 0 bridgehead atoms. The van der Waals surface area contributed by atoms with Crippen molar-refractivity contribution >= 4 is 88.6 Å². The number of amides is 5. The quantitative estimate of drug-likeness (QED) is 0.0460. The number of piperidine rings is 2. The maximum absolute atomic E-state index is 13.2. The van der Waals surface area contributed by atoms with E-state index in [0.717, 1.165) is 88.4 Å². The molecule has 366 valence electrons. The van der Waals surface area contributed by atoms with Crippen molar-refractivity contribution in [3.8, 4) is 5.75 Å². The molecular formula is C48H58ClN10O9P. The number of unbranched alkanes of at least 4 members (excludes halogenated alkanes) is 3. The zero-order valence-corrected chi connectivity index (χ0v) is 40.7. The lowest BCUT2D eigenvalue weighted by atomic mass is 10.0. The number of hydrogen-bond donors (Lipinski definition) is 4. The van der Waals surface area contributed by atoms with Crippen molar-refractivity contribution in [1.82, 2.24) is 30.0 Å². The third-order valence-electron chi connectivity index (χ3n) is 13.2. The van der Waals surface area contributed by atoms with Crippen LogP contribution in [0.1, 0.15) is 78.5 Å². The zero-order chi connectivity index (χ0) is 48.7. The van der Waals surface area contributed by atoms with E-state index in [-0.39, 0.29) is 40.8 Å².